The second kappa shape index (κ2) is 9.15. The van der Waals surface area contributed by atoms with Crippen molar-refractivity contribution in [3.8, 4) is 17.0 Å². The predicted octanol–water partition coefficient (Wildman–Crippen LogP) is 5.71. The third-order valence-corrected chi connectivity index (χ3v) is 5.83. The number of aryl methyl sites for hydroxylation is 2. The summed E-state index contributed by atoms with van der Waals surface area (Å²) in [7, 11) is 1.64. The van der Waals surface area contributed by atoms with Crippen molar-refractivity contribution in [2.45, 2.75) is 26.2 Å². The van der Waals surface area contributed by atoms with E-state index < -0.39 is 0 Å². The molecule has 3 aromatic rings. The normalized spacial score (nSPS) is 10.6. The Bertz CT molecular complexity index is 905. The van der Waals surface area contributed by atoms with Crippen molar-refractivity contribution in [3.05, 3.63) is 63.4 Å². The molecular weight excluding hydrogens is 424 g/mol. The zero-order valence-corrected chi connectivity index (χ0v) is 17.7. The summed E-state index contributed by atoms with van der Waals surface area (Å²) in [5, 5.41) is 3.60. The fraction of sp³-hybridized carbons (Fsp3) is 0.238. The van der Waals surface area contributed by atoms with Crippen LogP contribution < -0.4 is 10.1 Å². The van der Waals surface area contributed by atoms with Crippen LogP contribution in [0.3, 0.4) is 0 Å². The second-order valence-electron chi connectivity index (χ2n) is 6.05. The summed E-state index contributed by atoms with van der Waals surface area (Å²) in [4.78, 5) is 18.1. The minimum absolute atomic E-state index is 0.0235. The highest BCUT2D eigenvalue weighted by atomic mass is 79.9. The van der Waals surface area contributed by atoms with Crippen LogP contribution in [0.1, 0.15) is 23.8 Å². The van der Waals surface area contributed by atoms with Crippen LogP contribution in [0.25, 0.3) is 11.3 Å². The molecule has 6 heteroatoms. The third kappa shape index (κ3) is 5.17. The highest BCUT2D eigenvalue weighted by Gasteiger charge is 2.14. The summed E-state index contributed by atoms with van der Waals surface area (Å²) in [5.41, 5.74) is 3.11. The number of hydrogen-bond donors (Lipinski definition) is 1. The molecular formula is C21H21BrN2O2S. The van der Waals surface area contributed by atoms with E-state index in [1.54, 1.807) is 18.4 Å². The topological polar surface area (TPSA) is 51.2 Å². The maximum atomic E-state index is 12.3. The summed E-state index contributed by atoms with van der Waals surface area (Å²) >= 11 is 5.00. The van der Waals surface area contributed by atoms with Crippen molar-refractivity contribution in [3.63, 3.8) is 0 Å². The minimum Gasteiger partial charge on any atom is -0.497 e. The molecule has 1 amide bonds. The molecule has 0 aliphatic heterocycles. The zero-order valence-electron chi connectivity index (χ0n) is 15.3. The van der Waals surface area contributed by atoms with E-state index in [1.807, 2.05) is 48.5 Å². The lowest BCUT2D eigenvalue weighted by atomic mass is 10.1. The zero-order chi connectivity index (χ0) is 19.2. The second-order valence-corrected chi connectivity index (χ2v) is 8.05. The Morgan fingerprint density at radius 3 is 2.48 bits per heavy atom. The van der Waals surface area contributed by atoms with Crippen molar-refractivity contribution >= 4 is 38.3 Å². The van der Waals surface area contributed by atoms with Gasteiger partial charge in [-0.2, -0.15) is 0 Å². The van der Waals surface area contributed by atoms with Crippen LogP contribution in [0, 0.1) is 0 Å². The fourth-order valence-corrected chi connectivity index (χ4v) is 3.91. The van der Waals surface area contributed by atoms with E-state index in [-0.39, 0.29) is 5.91 Å². The predicted molar refractivity (Wildman–Crippen MR) is 115 cm³/mol. The van der Waals surface area contributed by atoms with E-state index in [9.17, 15) is 4.79 Å². The Morgan fingerprint density at radius 1 is 1.15 bits per heavy atom. The van der Waals surface area contributed by atoms with Gasteiger partial charge in [-0.25, -0.2) is 4.98 Å². The van der Waals surface area contributed by atoms with E-state index in [4.69, 9.17) is 4.74 Å². The molecule has 0 aliphatic carbocycles. The Kier molecular flexibility index (Phi) is 6.63. The quantitative estimate of drug-likeness (QED) is 0.507. The molecule has 4 nitrogen and oxygen atoms in total. The lowest BCUT2D eigenvalue weighted by Crippen LogP contribution is -2.12. The van der Waals surface area contributed by atoms with Crippen molar-refractivity contribution in [2.75, 3.05) is 12.4 Å². The van der Waals surface area contributed by atoms with Gasteiger partial charge in [-0.1, -0.05) is 47.1 Å². The van der Waals surface area contributed by atoms with Crippen LogP contribution in [0.4, 0.5) is 5.13 Å². The molecule has 0 fully saturated rings. The molecule has 0 saturated carbocycles. The number of amides is 1. The molecule has 0 unspecified atom stereocenters. The van der Waals surface area contributed by atoms with Gasteiger partial charge in [0.15, 0.2) is 5.13 Å². The van der Waals surface area contributed by atoms with Gasteiger partial charge in [0, 0.05) is 21.3 Å². The molecule has 0 atom stereocenters. The average Bonchev–Trinajstić information content (AvgIpc) is 3.10. The van der Waals surface area contributed by atoms with E-state index >= 15 is 0 Å². The molecule has 0 radical (unpaired) electrons. The lowest BCUT2D eigenvalue weighted by Gasteiger charge is -2.04. The van der Waals surface area contributed by atoms with E-state index in [2.05, 4.69) is 33.2 Å². The first-order chi connectivity index (χ1) is 13.1. The lowest BCUT2D eigenvalue weighted by molar-refractivity contribution is -0.116. The van der Waals surface area contributed by atoms with Gasteiger partial charge >= 0.3 is 0 Å². The monoisotopic (exact) mass is 444 g/mol. The van der Waals surface area contributed by atoms with E-state index in [0.29, 0.717) is 18.0 Å². The number of thiazole rings is 1. The molecule has 0 saturated heterocycles. The van der Waals surface area contributed by atoms with Crippen molar-refractivity contribution in [1.82, 2.24) is 4.98 Å². The molecule has 27 heavy (non-hydrogen) atoms. The van der Waals surface area contributed by atoms with Crippen LogP contribution in [-0.2, 0) is 17.6 Å². The number of nitrogens with one attached hydrogen (secondary N) is 1. The maximum Gasteiger partial charge on any atom is 0.226 e. The molecule has 140 valence electrons. The number of ether oxygens (including phenoxy) is 1. The Balaban J connectivity index is 1.64. The Labute approximate surface area is 171 Å². The summed E-state index contributed by atoms with van der Waals surface area (Å²) in [6.07, 6.45) is 1.98. The average molecular weight is 445 g/mol. The SMILES string of the molecule is CCc1sc(NC(=O)CCc2ccc(OC)cc2)nc1-c1ccc(Br)cc1. The van der Waals surface area contributed by atoms with Crippen LogP contribution in [-0.4, -0.2) is 18.0 Å². The van der Waals surface area contributed by atoms with Crippen molar-refractivity contribution in [2.24, 2.45) is 0 Å². The molecule has 0 bridgehead atoms. The summed E-state index contributed by atoms with van der Waals surface area (Å²) in [6, 6.07) is 15.9. The number of methoxy groups -OCH3 is 1. The largest absolute Gasteiger partial charge is 0.497 e. The van der Waals surface area contributed by atoms with Gasteiger partial charge in [-0.05, 0) is 42.7 Å². The van der Waals surface area contributed by atoms with E-state index in [0.717, 1.165) is 33.5 Å². The number of hydrogen-bond acceptors (Lipinski definition) is 4. The van der Waals surface area contributed by atoms with Gasteiger partial charge in [0.1, 0.15) is 5.75 Å². The highest BCUT2D eigenvalue weighted by molar-refractivity contribution is 9.10. The third-order valence-electron chi connectivity index (χ3n) is 4.18. The summed E-state index contributed by atoms with van der Waals surface area (Å²) in [6.45, 7) is 2.10. The molecule has 2 aromatic carbocycles. The Morgan fingerprint density at radius 2 is 1.85 bits per heavy atom. The van der Waals surface area contributed by atoms with Gasteiger partial charge in [0.05, 0.1) is 12.8 Å². The van der Waals surface area contributed by atoms with Gasteiger partial charge in [0.2, 0.25) is 5.91 Å². The van der Waals surface area contributed by atoms with Crippen molar-refractivity contribution in [1.29, 1.82) is 0 Å². The summed E-state index contributed by atoms with van der Waals surface area (Å²) < 4.78 is 6.19. The maximum absolute atomic E-state index is 12.3. The highest BCUT2D eigenvalue weighted by Crippen LogP contribution is 2.32. The fourth-order valence-electron chi connectivity index (χ4n) is 2.71. The Hall–Kier alpha value is -2.18. The van der Waals surface area contributed by atoms with Gasteiger partial charge in [0.25, 0.3) is 0 Å². The summed E-state index contributed by atoms with van der Waals surface area (Å²) in [5.74, 6) is 0.795. The van der Waals surface area contributed by atoms with Crippen LogP contribution in [0.2, 0.25) is 0 Å². The first-order valence-electron chi connectivity index (χ1n) is 8.77. The first kappa shape index (κ1) is 19.6. The van der Waals surface area contributed by atoms with Gasteiger partial charge in [-0.3, -0.25) is 4.79 Å². The smallest absolute Gasteiger partial charge is 0.226 e. The number of aromatic nitrogens is 1. The molecule has 3 rings (SSSR count). The van der Waals surface area contributed by atoms with Crippen LogP contribution >= 0.6 is 27.3 Å². The van der Waals surface area contributed by atoms with Crippen LogP contribution in [0.15, 0.2) is 53.0 Å². The number of carbonyl (C=O) groups excluding carboxylic acids is 1. The van der Waals surface area contributed by atoms with Gasteiger partial charge < -0.3 is 10.1 Å². The molecule has 0 aliphatic rings. The first-order valence-corrected chi connectivity index (χ1v) is 10.4. The van der Waals surface area contributed by atoms with Gasteiger partial charge in [-0.15, -0.1) is 11.3 Å². The molecule has 0 spiro atoms. The standard InChI is InChI=1S/C21H21BrN2O2S/c1-3-18-20(15-7-9-16(22)10-8-15)24-21(27-18)23-19(25)13-6-14-4-11-17(26-2)12-5-14/h4-5,7-12H,3,6,13H2,1-2H3,(H,23,24,25). The molecule has 1 N–H and O–H groups in total. The number of nitrogens with zero attached hydrogens (tertiary/aromatic N) is 1. The number of carbonyl (C=O) groups is 1. The molecule has 1 heterocycles. The number of rotatable bonds is 7. The minimum atomic E-state index is -0.0235. The number of halogens is 1. The number of benzene rings is 2. The number of anilines is 1. The van der Waals surface area contributed by atoms with Crippen LogP contribution in [0.5, 0.6) is 5.75 Å². The van der Waals surface area contributed by atoms with E-state index in [1.165, 1.54) is 4.88 Å². The molecule has 1 aromatic heterocycles. The van der Waals surface area contributed by atoms with Crippen molar-refractivity contribution < 1.29 is 9.53 Å².